The van der Waals surface area contributed by atoms with E-state index in [1.807, 2.05) is 0 Å². The molecule has 0 aliphatic heterocycles. The van der Waals surface area contributed by atoms with Gasteiger partial charge in [-0.25, -0.2) is 0 Å². The molecule has 0 amide bonds. The summed E-state index contributed by atoms with van der Waals surface area (Å²) in [6, 6.07) is 8.69. The fourth-order valence-corrected chi connectivity index (χ4v) is 1.75. The highest BCUT2D eigenvalue weighted by molar-refractivity contribution is 7.98. The first-order valence-electron chi connectivity index (χ1n) is 4.81. The van der Waals surface area contributed by atoms with Crippen LogP contribution in [0.2, 0.25) is 0 Å². The molecule has 0 unspecified atom stereocenters. The van der Waals surface area contributed by atoms with E-state index in [1.165, 1.54) is 10.5 Å². The van der Waals surface area contributed by atoms with E-state index in [9.17, 15) is 0 Å². The normalized spacial score (nSPS) is 10.4. The van der Waals surface area contributed by atoms with E-state index >= 15 is 0 Å². The zero-order valence-corrected chi connectivity index (χ0v) is 10.2. The molecule has 0 fully saturated rings. The largest absolute Gasteiger partial charge is 0.313 e. The van der Waals surface area contributed by atoms with Crippen LogP contribution in [0.4, 0.5) is 0 Å². The Bertz CT molecular complexity index is 246. The third kappa shape index (κ3) is 4.40. The Morgan fingerprint density at radius 2 is 2.00 bits per heavy atom. The summed E-state index contributed by atoms with van der Waals surface area (Å²) in [5, 5.41) is 3.38. The summed E-state index contributed by atoms with van der Waals surface area (Å²) in [6.45, 7) is 2.01. The summed E-state index contributed by atoms with van der Waals surface area (Å²) < 4.78 is 0. The Morgan fingerprint density at radius 3 is 2.57 bits per heavy atom. The fraction of sp³-hybridized carbons (Fsp3) is 0.455. The minimum Gasteiger partial charge on any atom is -0.313 e. The van der Waals surface area contributed by atoms with Crippen LogP contribution in [-0.4, -0.2) is 18.6 Å². The van der Waals surface area contributed by atoms with Gasteiger partial charge in [-0.05, 0) is 42.7 Å². The molecule has 0 saturated heterocycles. The fourth-order valence-electron chi connectivity index (χ4n) is 1.18. The lowest BCUT2D eigenvalue weighted by atomic mass is 10.2. The maximum atomic E-state index is 4.16. The van der Waals surface area contributed by atoms with Crippen LogP contribution in [0.25, 0.3) is 0 Å². The van der Waals surface area contributed by atoms with E-state index < -0.39 is 0 Å². The monoisotopic (exact) mass is 227 g/mol. The van der Waals surface area contributed by atoms with E-state index in [0.29, 0.717) is 0 Å². The van der Waals surface area contributed by atoms with Crippen molar-refractivity contribution >= 4 is 24.4 Å². The second-order valence-corrected chi connectivity index (χ2v) is 4.43. The van der Waals surface area contributed by atoms with Gasteiger partial charge in [-0.2, -0.15) is 12.6 Å². The Hall–Kier alpha value is -0.120. The summed E-state index contributed by atoms with van der Waals surface area (Å²) in [5.74, 6) is 0.957. The minimum atomic E-state index is 0.957. The van der Waals surface area contributed by atoms with E-state index in [1.54, 1.807) is 11.8 Å². The first kappa shape index (κ1) is 12.0. The van der Waals surface area contributed by atoms with Crippen LogP contribution >= 0.6 is 24.4 Å². The minimum absolute atomic E-state index is 0.957. The van der Waals surface area contributed by atoms with Crippen molar-refractivity contribution in [2.24, 2.45) is 0 Å². The number of nitrogens with one attached hydrogen (secondary N) is 1. The predicted octanol–water partition coefficient (Wildman–Crippen LogP) is 2.82. The Labute approximate surface area is 96.1 Å². The van der Waals surface area contributed by atoms with Gasteiger partial charge in [0.15, 0.2) is 0 Å². The van der Waals surface area contributed by atoms with Gasteiger partial charge in [0.25, 0.3) is 0 Å². The van der Waals surface area contributed by atoms with Crippen molar-refractivity contribution < 1.29 is 0 Å². The van der Waals surface area contributed by atoms with Crippen LogP contribution < -0.4 is 5.32 Å². The zero-order chi connectivity index (χ0) is 10.2. The van der Waals surface area contributed by atoms with Crippen molar-refractivity contribution in [3.8, 4) is 0 Å². The molecule has 1 aromatic rings. The number of thioether (sulfide) groups is 1. The number of benzene rings is 1. The van der Waals surface area contributed by atoms with Crippen LogP contribution in [0.1, 0.15) is 12.0 Å². The molecule has 3 heteroatoms. The molecular weight excluding hydrogens is 210 g/mol. The van der Waals surface area contributed by atoms with E-state index in [-0.39, 0.29) is 0 Å². The van der Waals surface area contributed by atoms with E-state index in [4.69, 9.17) is 0 Å². The van der Waals surface area contributed by atoms with Gasteiger partial charge in [-0.3, -0.25) is 0 Å². The average molecular weight is 227 g/mol. The first-order valence-corrected chi connectivity index (χ1v) is 6.67. The van der Waals surface area contributed by atoms with Crippen molar-refractivity contribution in [2.45, 2.75) is 17.9 Å². The van der Waals surface area contributed by atoms with Gasteiger partial charge in [-0.15, -0.1) is 11.8 Å². The molecule has 1 rings (SSSR count). The molecule has 1 nitrogen and oxygen atoms in total. The van der Waals surface area contributed by atoms with Crippen molar-refractivity contribution in [3.63, 3.8) is 0 Å². The molecule has 0 radical (unpaired) electrons. The van der Waals surface area contributed by atoms with Crippen LogP contribution in [0.5, 0.6) is 0 Å². The Morgan fingerprint density at radius 1 is 1.29 bits per heavy atom. The third-order valence-corrected chi connectivity index (χ3v) is 3.06. The van der Waals surface area contributed by atoms with Crippen molar-refractivity contribution in [1.29, 1.82) is 0 Å². The van der Waals surface area contributed by atoms with Gasteiger partial charge in [0.2, 0.25) is 0 Å². The maximum absolute atomic E-state index is 4.16. The highest BCUT2D eigenvalue weighted by Gasteiger charge is 1.93. The Balaban J connectivity index is 2.29. The van der Waals surface area contributed by atoms with Gasteiger partial charge in [-0.1, -0.05) is 12.1 Å². The number of rotatable bonds is 6. The number of thiol groups is 1. The lowest BCUT2D eigenvalue weighted by molar-refractivity contribution is 0.679. The van der Waals surface area contributed by atoms with E-state index in [0.717, 1.165) is 25.3 Å². The standard InChI is InChI=1S/C11H17NS2/c1-14-11-5-3-10(4-6-11)9-12-7-2-8-13/h3-6,12-13H,2,7-9H2,1H3. The lowest BCUT2D eigenvalue weighted by Gasteiger charge is -2.04. The topological polar surface area (TPSA) is 12.0 Å². The highest BCUT2D eigenvalue weighted by Crippen LogP contribution is 2.14. The lowest BCUT2D eigenvalue weighted by Crippen LogP contribution is -2.14. The van der Waals surface area contributed by atoms with Crippen molar-refractivity contribution in [3.05, 3.63) is 29.8 Å². The quantitative estimate of drug-likeness (QED) is 0.440. The molecule has 0 bridgehead atoms. The van der Waals surface area contributed by atoms with Gasteiger partial charge in [0, 0.05) is 11.4 Å². The molecule has 0 aliphatic carbocycles. The smallest absolute Gasteiger partial charge is 0.0205 e. The predicted molar refractivity (Wildman–Crippen MR) is 68.4 cm³/mol. The molecule has 0 heterocycles. The Kier molecular flexibility index (Phi) is 6.15. The number of hydrogen-bond acceptors (Lipinski definition) is 3. The molecule has 1 N–H and O–H groups in total. The van der Waals surface area contributed by atoms with Gasteiger partial charge >= 0.3 is 0 Å². The van der Waals surface area contributed by atoms with Gasteiger partial charge in [0.05, 0.1) is 0 Å². The summed E-state index contributed by atoms with van der Waals surface area (Å²) >= 11 is 5.94. The highest BCUT2D eigenvalue weighted by atomic mass is 32.2. The zero-order valence-electron chi connectivity index (χ0n) is 8.49. The molecular formula is C11H17NS2. The molecule has 14 heavy (non-hydrogen) atoms. The SMILES string of the molecule is CSc1ccc(CNCCCS)cc1. The van der Waals surface area contributed by atoms with Crippen LogP contribution in [0, 0.1) is 0 Å². The molecule has 0 spiro atoms. The molecule has 1 aromatic carbocycles. The van der Waals surface area contributed by atoms with E-state index in [2.05, 4.69) is 48.5 Å². The molecule has 0 aliphatic rings. The summed E-state index contributed by atoms with van der Waals surface area (Å²) in [5.41, 5.74) is 1.35. The third-order valence-electron chi connectivity index (χ3n) is 2.00. The van der Waals surface area contributed by atoms with Crippen LogP contribution in [0.15, 0.2) is 29.2 Å². The number of hydrogen-bond donors (Lipinski definition) is 2. The van der Waals surface area contributed by atoms with Crippen LogP contribution in [-0.2, 0) is 6.54 Å². The molecule has 0 aromatic heterocycles. The summed E-state index contributed by atoms with van der Waals surface area (Å²) in [4.78, 5) is 1.32. The maximum Gasteiger partial charge on any atom is 0.0205 e. The summed E-state index contributed by atoms with van der Waals surface area (Å²) in [7, 11) is 0. The van der Waals surface area contributed by atoms with Crippen molar-refractivity contribution in [2.75, 3.05) is 18.6 Å². The second kappa shape index (κ2) is 7.21. The molecule has 0 atom stereocenters. The average Bonchev–Trinajstić information content (AvgIpc) is 2.25. The van der Waals surface area contributed by atoms with Gasteiger partial charge in [0.1, 0.15) is 0 Å². The van der Waals surface area contributed by atoms with Gasteiger partial charge < -0.3 is 5.32 Å². The molecule has 78 valence electrons. The van der Waals surface area contributed by atoms with Crippen molar-refractivity contribution in [1.82, 2.24) is 5.32 Å². The van der Waals surface area contributed by atoms with Crippen LogP contribution in [0.3, 0.4) is 0 Å². The second-order valence-electron chi connectivity index (χ2n) is 3.10. The summed E-state index contributed by atoms with van der Waals surface area (Å²) in [6.07, 6.45) is 3.23. The molecule has 0 saturated carbocycles. The first-order chi connectivity index (χ1) is 6.86.